The summed E-state index contributed by atoms with van der Waals surface area (Å²) in [5, 5.41) is 2.23. The average molecular weight is 154 g/mol. The lowest BCUT2D eigenvalue weighted by molar-refractivity contribution is 0.474. The Balaban J connectivity index is 2.66. The second-order valence-corrected chi connectivity index (χ2v) is 1.95. The first kappa shape index (κ1) is 7.12. The summed E-state index contributed by atoms with van der Waals surface area (Å²) in [7, 11) is 0. The van der Waals surface area contributed by atoms with Gasteiger partial charge in [-0.3, -0.25) is 0 Å². The van der Waals surface area contributed by atoms with E-state index in [1.165, 1.54) is 0 Å². The third kappa shape index (κ3) is 1.76. The van der Waals surface area contributed by atoms with Crippen LogP contribution in [0, 0.1) is 6.92 Å². The molecule has 0 N–H and O–H groups in total. The molecular formula is C6H6N2OS. The molecule has 52 valence electrons. The molecule has 1 aromatic rings. The molecule has 0 aliphatic rings. The van der Waals surface area contributed by atoms with E-state index >= 15 is 0 Å². The van der Waals surface area contributed by atoms with Crippen molar-refractivity contribution in [3.8, 4) is 0 Å². The number of aromatic nitrogens is 1. The lowest BCUT2D eigenvalue weighted by atomic mass is 10.6. The molecule has 0 aromatic carbocycles. The SMILES string of the molecule is Cc1cnc(CN=C=S)o1. The lowest BCUT2D eigenvalue weighted by Gasteiger charge is -1.81. The molecule has 1 heterocycles. The fraction of sp³-hybridized carbons (Fsp3) is 0.333. The predicted molar refractivity (Wildman–Crippen MR) is 40.0 cm³/mol. The molecule has 0 aliphatic carbocycles. The summed E-state index contributed by atoms with van der Waals surface area (Å²) in [5.74, 6) is 1.37. The Morgan fingerprint density at radius 2 is 2.70 bits per heavy atom. The standard InChI is InChI=1S/C6H6N2OS/c1-5-2-8-6(9-5)3-7-4-10/h2H,3H2,1H3. The predicted octanol–water partition coefficient (Wildman–Crippen LogP) is 1.59. The maximum Gasteiger partial charge on any atom is 0.216 e. The van der Waals surface area contributed by atoms with Crippen LogP contribution in [0.2, 0.25) is 0 Å². The Kier molecular flexibility index (Phi) is 2.31. The van der Waals surface area contributed by atoms with Gasteiger partial charge in [-0.2, -0.15) is 0 Å². The molecule has 0 saturated carbocycles. The van der Waals surface area contributed by atoms with Crippen LogP contribution in [0.25, 0.3) is 0 Å². The van der Waals surface area contributed by atoms with E-state index < -0.39 is 0 Å². The second-order valence-electron chi connectivity index (χ2n) is 1.77. The normalized spacial score (nSPS) is 8.90. The highest BCUT2D eigenvalue weighted by molar-refractivity contribution is 7.78. The summed E-state index contributed by atoms with van der Waals surface area (Å²) in [4.78, 5) is 7.57. The van der Waals surface area contributed by atoms with E-state index in [1.54, 1.807) is 6.20 Å². The van der Waals surface area contributed by atoms with Gasteiger partial charge < -0.3 is 4.42 Å². The first-order chi connectivity index (χ1) is 4.83. The Morgan fingerprint density at radius 1 is 1.90 bits per heavy atom. The maximum absolute atomic E-state index is 5.09. The largest absolute Gasteiger partial charge is 0.444 e. The van der Waals surface area contributed by atoms with Crippen LogP contribution in [0.1, 0.15) is 11.7 Å². The van der Waals surface area contributed by atoms with Crippen LogP contribution in [0.15, 0.2) is 15.6 Å². The van der Waals surface area contributed by atoms with Crippen molar-refractivity contribution >= 4 is 17.4 Å². The van der Waals surface area contributed by atoms with Crippen LogP contribution >= 0.6 is 12.2 Å². The Morgan fingerprint density at radius 3 is 3.20 bits per heavy atom. The number of hydrogen-bond donors (Lipinski definition) is 0. The molecule has 3 nitrogen and oxygen atoms in total. The van der Waals surface area contributed by atoms with Gasteiger partial charge in [-0.05, 0) is 19.1 Å². The quantitative estimate of drug-likeness (QED) is 0.479. The van der Waals surface area contributed by atoms with E-state index in [0.29, 0.717) is 12.4 Å². The highest BCUT2D eigenvalue weighted by Crippen LogP contribution is 2.01. The van der Waals surface area contributed by atoms with Gasteiger partial charge in [0.25, 0.3) is 0 Å². The Labute approximate surface area is 63.8 Å². The van der Waals surface area contributed by atoms with Gasteiger partial charge in [0.15, 0.2) is 0 Å². The zero-order valence-electron chi connectivity index (χ0n) is 5.50. The molecule has 0 unspecified atom stereocenters. The van der Waals surface area contributed by atoms with Gasteiger partial charge in [0.05, 0.1) is 11.4 Å². The number of thiocarbonyl (C=S) groups is 1. The topological polar surface area (TPSA) is 38.4 Å². The molecule has 0 saturated heterocycles. The third-order valence-corrected chi connectivity index (χ3v) is 1.08. The van der Waals surface area contributed by atoms with Crippen LogP contribution in [0.5, 0.6) is 0 Å². The molecule has 10 heavy (non-hydrogen) atoms. The van der Waals surface area contributed by atoms with Gasteiger partial charge >= 0.3 is 0 Å². The summed E-state index contributed by atoms with van der Waals surface area (Å²) < 4.78 is 5.09. The fourth-order valence-corrected chi connectivity index (χ4v) is 0.639. The minimum absolute atomic E-state index is 0.386. The summed E-state index contributed by atoms with van der Waals surface area (Å²) in [6.45, 7) is 2.22. The summed E-state index contributed by atoms with van der Waals surface area (Å²) in [6, 6.07) is 0. The van der Waals surface area contributed by atoms with Crippen molar-refractivity contribution in [3.05, 3.63) is 17.8 Å². The second kappa shape index (κ2) is 3.25. The molecule has 0 aliphatic heterocycles. The lowest BCUT2D eigenvalue weighted by Crippen LogP contribution is -1.76. The summed E-state index contributed by atoms with van der Waals surface area (Å²) >= 11 is 4.37. The van der Waals surface area contributed by atoms with Crippen LogP contribution in [-0.2, 0) is 6.54 Å². The smallest absolute Gasteiger partial charge is 0.216 e. The van der Waals surface area contributed by atoms with Gasteiger partial charge in [0.1, 0.15) is 12.3 Å². The zero-order valence-corrected chi connectivity index (χ0v) is 6.31. The van der Waals surface area contributed by atoms with E-state index in [2.05, 4.69) is 27.4 Å². The van der Waals surface area contributed by atoms with Gasteiger partial charge in [0, 0.05) is 0 Å². The highest BCUT2D eigenvalue weighted by Gasteiger charge is 1.95. The molecule has 1 rings (SSSR count). The van der Waals surface area contributed by atoms with E-state index in [0.717, 1.165) is 5.76 Å². The number of oxazole rings is 1. The Hall–Kier alpha value is -0.990. The molecular weight excluding hydrogens is 148 g/mol. The van der Waals surface area contributed by atoms with Crippen LogP contribution in [0.4, 0.5) is 0 Å². The van der Waals surface area contributed by atoms with Gasteiger partial charge in [-0.15, -0.1) is 0 Å². The van der Waals surface area contributed by atoms with Crippen molar-refractivity contribution in [2.24, 2.45) is 4.99 Å². The number of aryl methyl sites for hydroxylation is 1. The average Bonchev–Trinajstić information content (AvgIpc) is 2.31. The summed E-state index contributed by atoms with van der Waals surface area (Å²) in [5.41, 5.74) is 0. The van der Waals surface area contributed by atoms with Gasteiger partial charge in [-0.25, -0.2) is 9.98 Å². The van der Waals surface area contributed by atoms with Gasteiger partial charge in [0.2, 0.25) is 5.89 Å². The molecule has 0 amide bonds. The Bertz CT molecular complexity index is 262. The van der Waals surface area contributed by atoms with Crippen molar-refractivity contribution in [2.45, 2.75) is 13.5 Å². The monoisotopic (exact) mass is 154 g/mol. The molecule has 0 atom stereocenters. The molecule has 0 fully saturated rings. The number of nitrogens with zero attached hydrogens (tertiary/aromatic N) is 2. The van der Waals surface area contributed by atoms with E-state index in [1.807, 2.05) is 6.92 Å². The van der Waals surface area contributed by atoms with E-state index in [-0.39, 0.29) is 0 Å². The van der Waals surface area contributed by atoms with E-state index in [9.17, 15) is 0 Å². The van der Waals surface area contributed by atoms with Gasteiger partial charge in [-0.1, -0.05) is 0 Å². The maximum atomic E-state index is 5.09. The van der Waals surface area contributed by atoms with Crippen LogP contribution < -0.4 is 0 Å². The van der Waals surface area contributed by atoms with Crippen molar-refractivity contribution in [2.75, 3.05) is 0 Å². The number of rotatable bonds is 2. The van der Waals surface area contributed by atoms with Crippen molar-refractivity contribution < 1.29 is 4.42 Å². The number of aliphatic imine (C=N–C) groups is 1. The highest BCUT2D eigenvalue weighted by atomic mass is 32.1. The molecule has 0 spiro atoms. The zero-order chi connectivity index (χ0) is 7.40. The first-order valence-electron chi connectivity index (χ1n) is 2.78. The van der Waals surface area contributed by atoms with E-state index in [4.69, 9.17) is 4.42 Å². The minimum atomic E-state index is 0.386. The summed E-state index contributed by atoms with van der Waals surface area (Å²) in [6.07, 6.45) is 1.65. The van der Waals surface area contributed by atoms with Crippen molar-refractivity contribution in [1.29, 1.82) is 0 Å². The number of hydrogen-bond acceptors (Lipinski definition) is 4. The van der Waals surface area contributed by atoms with Crippen LogP contribution in [0.3, 0.4) is 0 Å². The number of isothiocyanates is 1. The van der Waals surface area contributed by atoms with Crippen molar-refractivity contribution in [1.82, 2.24) is 4.98 Å². The minimum Gasteiger partial charge on any atom is -0.444 e. The fourth-order valence-electron chi connectivity index (χ4n) is 0.574. The molecule has 1 aromatic heterocycles. The third-order valence-electron chi connectivity index (χ3n) is 0.948. The van der Waals surface area contributed by atoms with Crippen LogP contribution in [-0.4, -0.2) is 10.1 Å². The first-order valence-corrected chi connectivity index (χ1v) is 3.18. The molecule has 4 heteroatoms. The van der Waals surface area contributed by atoms with Crippen molar-refractivity contribution in [3.63, 3.8) is 0 Å². The molecule has 0 bridgehead atoms. The molecule has 0 radical (unpaired) electrons.